The molecule has 3 rings (SSSR count). The van der Waals surface area contributed by atoms with Crippen molar-refractivity contribution in [2.75, 3.05) is 39.9 Å². The molecular weight excluding hydrogens is 342 g/mol. The molecule has 0 radical (unpaired) electrons. The van der Waals surface area contributed by atoms with E-state index in [1.807, 2.05) is 30.3 Å². The van der Waals surface area contributed by atoms with Crippen molar-refractivity contribution in [2.45, 2.75) is 12.8 Å². The van der Waals surface area contributed by atoms with Crippen molar-refractivity contribution in [3.63, 3.8) is 0 Å². The standard InChI is InChI=1S/C21H27N3O3/c1-27-20-11-19(12-22-13-20)17-5-2-6-18(10-17)21(26)23-7-9-24-8-3-4-16(14-24)15-25/h2,5-6,10-13,16,25H,3-4,7-9,14-15H2,1H3,(H,23,26)/t16-/m1/s1. The lowest BCUT2D eigenvalue weighted by Crippen LogP contribution is -2.41. The number of nitrogens with one attached hydrogen (secondary N) is 1. The molecule has 2 aromatic rings. The van der Waals surface area contributed by atoms with E-state index in [0.29, 0.717) is 23.8 Å². The predicted octanol–water partition coefficient (Wildman–Crippen LogP) is 2.19. The summed E-state index contributed by atoms with van der Waals surface area (Å²) in [5.74, 6) is 0.969. The van der Waals surface area contributed by atoms with Gasteiger partial charge in [0.15, 0.2) is 0 Å². The molecule has 1 aliphatic rings. The Morgan fingerprint density at radius 3 is 3.04 bits per heavy atom. The Labute approximate surface area is 160 Å². The average molecular weight is 369 g/mol. The zero-order valence-corrected chi connectivity index (χ0v) is 15.7. The van der Waals surface area contributed by atoms with Crippen LogP contribution in [0.4, 0.5) is 0 Å². The molecule has 1 aromatic carbocycles. The molecule has 1 aliphatic heterocycles. The third-order valence-electron chi connectivity index (χ3n) is 4.98. The summed E-state index contributed by atoms with van der Waals surface area (Å²) < 4.78 is 5.22. The molecule has 1 saturated heterocycles. The first-order valence-electron chi connectivity index (χ1n) is 9.40. The van der Waals surface area contributed by atoms with Crippen LogP contribution < -0.4 is 10.1 Å². The van der Waals surface area contributed by atoms with Crippen LogP contribution in [-0.4, -0.2) is 60.8 Å². The first-order chi connectivity index (χ1) is 13.2. The van der Waals surface area contributed by atoms with Gasteiger partial charge in [-0.05, 0) is 49.1 Å². The molecular formula is C21H27N3O3. The van der Waals surface area contributed by atoms with Crippen LogP contribution in [0.15, 0.2) is 42.7 Å². The van der Waals surface area contributed by atoms with Gasteiger partial charge < -0.3 is 20.1 Å². The summed E-state index contributed by atoms with van der Waals surface area (Å²) >= 11 is 0. The molecule has 0 aliphatic carbocycles. The van der Waals surface area contributed by atoms with Crippen LogP contribution in [0.2, 0.25) is 0 Å². The van der Waals surface area contributed by atoms with Crippen LogP contribution in [0, 0.1) is 5.92 Å². The molecule has 1 amide bonds. The molecule has 1 aromatic heterocycles. The minimum atomic E-state index is -0.0802. The zero-order chi connectivity index (χ0) is 19.1. The molecule has 1 atom stereocenters. The van der Waals surface area contributed by atoms with Crippen LogP contribution in [-0.2, 0) is 0 Å². The van der Waals surface area contributed by atoms with Crippen molar-refractivity contribution in [1.82, 2.24) is 15.2 Å². The van der Waals surface area contributed by atoms with Crippen LogP contribution in [0.3, 0.4) is 0 Å². The van der Waals surface area contributed by atoms with Gasteiger partial charge in [-0.15, -0.1) is 0 Å². The van der Waals surface area contributed by atoms with E-state index >= 15 is 0 Å². The van der Waals surface area contributed by atoms with Crippen molar-refractivity contribution in [3.8, 4) is 16.9 Å². The van der Waals surface area contributed by atoms with Gasteiger partial charge in [-0.3, -0.25) is 9.78 Å². The van der Waals surface area contributed by atoms with Crippen molar-refractivity contribution in [2.24, 2.45) is 5.92 Å². The number of carbonyl (C=O) groups is 1. The van der Waals surface area contributed by atoms with Crippen LogP contribution >= 0.6 is 0 Å². The van der Waals surface area contributed by atoms with Gasteiger partial charge >= 0.3 is 0 Å². The van der Waals surface area contributed by atoms with E-state index in [2.05, 4.69) is 15.2 Å². The van der Waals surface area contributed by atoms with E-state index < -0.39 is 0 Å². The van der Waals surface area contributed by atoms with E-state index in [1.165, 1.54) is 0 Å². The molecule has 6 nitrogen and oxygen atoms in total. The summed E-state index contributed by atoms with van der Waals surface area (Å²) in [6, 6.07) is 9.41. The van der Waals surface area contributed by atoms with Crippen LogP contribution in [0.5, 0.6) is 5.75 Å². The summed E-state index contributed by atoms with van der Waals surface area (Å²) in [4.78, 5) is 19.0. The Morgan fingerprint density at radius 1 is 1.33 bits per heavy atom. The number of methoxy groups -OCH3 is 1. The second kappa shape index (κ2) is 9.48. The van der Waals surface area contributed by atoms with Gasteiger partial charge in [-0.25, -0.2) is 0 Å². The van der Waals surface area contributed by atoms with E-state index in [-0.39, 0.29) is 12.5 Å². The van der Waals surface area contributed by atoms with Crippen molar-refractivity contribution in [3.05, 3.63) is 48.3 Å². The van der Waals surface area contributed by atoms with Gasteiger partial charge in [-0.1, -0.05) is 12.1 Å². The maximum Gasteiger partial charge on any atom is 0.251 e. The lowest BCUT2D eigenvalue weighted by molar-refractivity contribution is 0.0930. The summed E-state index contributed by atoms with van der Waals surface area (Å²) in [5.41, 5.74) is 2.46. The molecule has 27 heavy (non-hydrogen) atoms. The monoisotopic (exact) mass is 369 g/mol. The Hall–Kier alpha value is -2.44. The number of aromatic nitrogens is 1. The van der Waals surface area contributed by atoms with E-state index in [0.717, 1.165) is 43.6 Å². The SMILES string of the molecule is COc1cncc(-c2cccc(C(=O)NCCN3CCC[C@@H](CO)C3)c2)c1. The number of hydrogen-bond acceptors (Lipinski definition) is 5. The Bertz CT molecular complexity index is 766. The van der Waals surface area contributed by atoms with Gasteiger partial charge in [0.05, 0.1) is 13.3 Å². The second-order valence-electron chi connectivity index (χ2n) is 6.94. The highest BCUT2D eigenvalue weighted by molar-refractivity contribution is 5.95. The highest BCUT2D eigenvalue weighted by atomic mass is 16.5. The number of aliphatic hydroxyl groups excluding tert-OH is 1. The minimum absolute atomic E-state index is 0.0802. The third-order valence-corrected chi connectivity index (χ3v) is 4.98. The fourth-order valence-electron chi connectivity index (χ4n) is 3.46. The minimum Gasteiger partial charge on any atom is -0.495 e. The molecule has 0 unspecified atom stereocenters. The maximum atomic E-state index is 12.5. The fraction of sp³-hybridized carbons (Fsp3) is 0.429. The second-order valence-corrected chi connectivity index (χ2v) is 6.94. The number of likely N-dealkylation sites (tertiary alicyclic amines) is 1. The summed E-state index contributed by atoms with van der Waals surface area (Å²) in [6.45, 7) is 3.59. The lowest BCUT2D eigenvalue weighted by atomic mass is 9.99. The average Bonchev–Trinajstić information content (AvgIpc) is 2.74. The Balaban J connectivity index is 1.57. The number of nitrogens with zero attached hydrogens (tertiary/aromatic N) is 2. The van der Waals surface area contributed by atoms with E-state index in [1.54, 1.807) is 19.5 Å². The number of hydrogen-bond donors (Lipinski definition) is 2. The number of carbonyl (C=O) groups excluding carboxylic acids is 1. The zero-order valence-electron chi connectivity index (χ0n) is 15.7. The summed E-state index contributed by atoms with van der Waals surface area (Å²) in [7, 11) is 1.61. The smallest absolute Gasteiger partial charge is 0.251 e. The predicted molar refractivity (Wildman–Crippen MR) is 105 cm³/mol. The molecule has 144 valence electrons. The number of amides is 1. The molecule has 2 N–H and O–H groups in total. The Morgan fingerprint density at radius 2 is 2.22 bits per heavy atom. The topological polar surface area (TPSA) is 74.7 Å². The number of piperidine rings is 1. The fourth-order valence-corrected chi connectivity index (χ4v) is 3.46. The normalized spacial score (nSPS) is 17.5. The molecule has 2 heterocycles. The third kappa shape index (κ3) is 5.28. The first-order valence-corrected chi connectivity index (χ1v) is 9.40. The molecule has 6 heteroatoms. The number of rotatable bonds is 7. The van der Waals surface area contributed by atoms with Gasteiger partial charge in [0.25, 0.3) is 5.91 Å². The Kier molecular flexibility index (Phi) is 6.79. The van der Waals surface area contributed by atoms with E-state index in [4.69, 9.17) is 4.74 Å². The molecule has 0 bridgehead atoms. The largest absolute Gasteiger partial charge is 0.495 e. The number of aliphatic hydroxyl groups is 1. The highest BCUT2D eigenvalue weighted by Crippen LogP contribution is 2.23. The lowest BCUT2D eigenvalue weighted by Gasteiger charge is -2.31. The quantitative estimate of drug-likeness (QED) is 0.783. The molecule has 0 spiro atoms. The summed E-state index contributed by atoms with van der Waals surface area (Å²) in [6.07, 6.45) is 5.61. The van der Waals surface area contributed by atoms with Gasteiger partial charge in [0.1, 0.15) is 5.75 Å². The van der Waals surface area contributed by atoms with Crippen LogP contribution in [0.1, 0.15) is 23.2 Å². The molecule has 1 fully saturated rings. The molecule has 0 saturated carbocycles. The van der Waals surface area contributed by atoms with Crippen molar-refractivity contribution >= 4 is 5.91 Å². The van der Waals surface area contributed by atoms with Gasteiger partial charge in [-0.2, -0.15) is 0 Å². The summed E-state index contributed by atoms with van der Waals surface area (Å²) in [5, 5.41) is 12.3. The number of ether oxygens (including phenoxy) is 1. The van der Waals surface area contributed by atoms with Crippen molar-refractivity contribution in [1.29, 1.82) is 0 Å². The maximum absolute atomic E-state index is 12.5. The van der Waals surface area contributed by atoms with Gasteiger partial charge in [0.2, 0.25) is 0 Å². The number of pyridine rings is 1. The van der Waals surface area contributed by atoms with Crippen LogP contribution in [0.25, 0.3) is 11.1 Å². The van der Waals surface area contributed by atoms with Gasteiger partial charge in [0, 0.05) is 43.6 Å². The highest BCUT2D eigenvalue weighted by Gasteiger charge is 2.18. The van der Waals surface area contributed by atoms with E-state index in [9.17, 15) is 9.90 Å². The van der Waals surface area contributed by atoms with Crippen molar-refractivity contribution < 1.29 is 14.6 Å². The number of benzene rings is 1. The first kappa shape index (κ1) is 19.3.